The Morgan fingerprint density at radius 1 is 0.500 bits per heavy atom. The molecule has 0 atom stereocenters. The van der Waals surface area contributed by atoms with E-state index in [1.54, 1.807) is 10.6 Å². The van der Waals surface area contributed by atoms with Crippen molar-refractivity contribution in [2.75, 3.05) is 0 Å². The number of rotatable bonds is 20. The van der Waals surface area contributed by atoms with Crippen molar-refractivity contribution in [3.05, 3.63) is 0 Å². The van der Waals surface area contributed by atoms with Gasteiger partial charge in [0.2, 0.25) is 0 Å². The Labute approximate surface area is 180 Å². The third-order valence-electron chi connectivity index (χ3n) is 5.02. The van der Waals surface area contributed by atoms with Gasteiger partial charge in [0.05, 0.1) is 0 Å². The Balaban J connectivity index is 0. The van der Waals surface area contributed by atoms with Crippen LogP contribution in [0.25, 0.3) is 0 Å². The van der Waals surface area contributed by atoms with E-state index in [-0.39, 0.29) is 0 Å². The van der Waals surface area contributed by atoms with Gasteiger partial charge < -0.3 is 5.11 Å². The molecular weight excluding hydrogens is 376 g/mol. The molecule has 0 aliphatic carbocycles. The minimum Gasteiger partial charge on any atom is -0.771 e. The molecule has 0 aromatic rings. The summed E-state index contributed by atoms with van der Waals surface area (Å²) in [4.78, 5) is 0. The molecule has 0 aliphatic rings. The van der Waals surface area contributed by atoms with Gasteiger partial charge in [0.15, 0.2) is 0 Å². The largest absolute Gasteiger partial charge is 0.771 e. The Morgan fingerprint density at radius 2 is 0.714 bits per heavy atom. The van der Waals surface area contributed by atoms with Crippen LogP contribution in [0.3, 0.4) is 0 Å². The van der Waals surface area contributed by atoms with Gasteiger partial charge >= 0.3 is 162 Å². The summed E-state index contributed by atoms with van der Waals surface area (Å²) in [5.74, 6) is 0. The predicted molar refractivity (Wildman–Crippen MR) is 116 cm³/mol. The molecular formula is C23H46AlF3O. The number of hydrogen-bond acceptors (Lipinski definition) is 1. The van der Waals surface area contributed by atoms with Crippen LogP contribution in [0.4, 0.5) is 13.2 Å². The predicted octanol–water partition coefficient (Wildman–Crippen LogP) is 8.46. The minimum absolute atomic E-state index is 0.783. The van der Waals surface area contributed by atoms with Crippen molar-refractivity contribution >= 4 is 15.2 Å². The van der Waals surface area contributed by atoms with Crippen LogP contribution in [-0.2, 0) is 0 Å². The van der Waals surface area contributed by atoms with Crippen molar-refractivity contribution in [3.63, 3.8) is 0 Å². The topological polar surface area (TPSA) is 23.1 Å². The fraction of sp³-hybridized carbons (Fsp3) is 1.00. The molecule has 0 fully saturated rings. The van der Waals surface area contributed by atoms with Gasteiger partial charge in [-0.05, 0) is 0 Å². The van der Waals surface area contributed by atoms with Crippen LogP contribution in [0.5, 0.6) is 0 Å². The molecule has 168 valence electrons. The Hall–Kier alpha value is 0.282. The van der Waals surface area contributed by atoms with Gasteiger partial charge in [0, 0.05) is 0 Å². The number of unbranched alkanes of at least 4 members (excludes halogenated alkanes) is 16. The van der Waals surface area contributed by atoms with Crippen molar-refractivity contribution in [2.45, 2.75) is 146 Å². The molecule has 5 heteroatoms. The maximum atomic E-state index is 9.80. The van der Waals surface area contributed by atoms with E-state index in [4.69, 9.17) is 5.11 Å². The zero-order chi connectivity index (χ0) is 21.3. The first-order valence-electron chi connectivity index (χ1n) is 12.0. The maximum Gasteiger partial charge on any atom is 0.331 e. The van der Waals surface area contributed by atoms with Gasteiger partial charge in [-0.3, -0.25) is 0 Å². The quantitative estimate of drug-likeness (QED) is 0.142. The van der Waals surface area contributed by atoms with E-state index >= 15 is 0 Å². The van der Waals surface area contributed by atoms with E-state index in [9.17, 15) is 13.2 Å². The molecule has 0 saturated carbocycles. The summed E-state index contributed by atoms with van der Waals surface area (Å²) in [6, 6.07) is 0. The van der Waals surface area contributed by atoms with Crippen molar-refractivity contribution < 1.29 is 18.3 Å². The summed E-state index contributed by atoms with van der Waals surface area (Å²) >= 11 is 0.783. The summed E-state index contributed by atoms with van der Waals surface area (Å²) in [5.41, 5.74) is 0. The van der Waals surface area contributed by atoms with Crippen LogP contribution in [0.15, 0.2) is 0 Å². The number of halogens is 3. The first-order chi connectivity index (χ1) is 13.4. The van der Waals surface area contributed by atoms with Gasteiger partial charge in [-0.15, -0.1) is 0 Å². The van der Waals surface area contributed by atoms with E-state index in [1.807, 2.05) is 0 Å². The third-order valence-corrected chi connectivity index (χ3v) is 6.66. The van der Waals surface area contributed by atoms with E-state index in [0.29, 0.717) is 0 Å². The van der Waals surface area contributed by atoms with E-state index in [1.165, 1.54) is 116 Å². The zero-order valence-electron chi connectivity index (χ0n) is 18.8. The zero-order valence-corrected chi connectivity index (χ0v) is 19.9. The van der Waals surface area contributed by atoms with Crippen molar-refractivity contribution in [2.24, 2.45) is 0 Å². The molecule has 1 nitrogen and oxygen atoms in total. The third kappa shape index (κ3) is 40.8. The van der Waals surface area contributed by atoms with Crippen LogP contribution < -0.4 is 5.11 Å². The van der Waals surface area contributed by atoms with Crippen LogP contribution in [0.2, 0.25) is 10.6 Å². The summed E-state index contributed by atoms with van der Waals surface area (Å²) in [6.45, 7) is 4.61. The van der Waals surface area contributed by atoms with Crippen LogP contribution in [0.1, 0.15) is 129 Å². The smallest absolute Gasteiger partial charge is 0.331 e. The Bertz CT molecular complexity index is 247. The van der Waals surface area contributed by atoms with Crippen molar-refractivity contribution in [3.8, 4) is 0 Å². The van der Waals surface area contributed by atoms with Gasteiger partial charge in [0.1, 0.15) is 0 Å². The molecule has 0 unspecified atom stereocenters. The maximum absolute atomic E-state index is 9.80. The van der Waals surface area contributed by atoms with Gasteiger partial charge in [-0.2, -0.15) is 13.2 Å². The van der Waals surface area contributed by atoms with E-state index in [0.717, 1.165) is 15.2 Å². The Kier molecular flexibility index (Phi) is 27.6. The molecule has 0 heterocycles. The van der Waals surface area contributed by atoms with Crippen LogP contribution in [-0.4, -0.2) is 21.6 Å². The number of alkyl halides is 3. The molecule has 0 aromatic heterocycles. The number of hydrogen-bond donors (Lipinski definition) is 0. The molecule has 0 radical (unpaired) electrons. The molecule has 0 amide bonds. The second-order valence-corrected chi connectivity index (χ2v) is 9.70. The summed E-state index contributed by atoms with van der Waals surface area (Å²) in [6.07, 6.45) is 21.4. The summed E-state index contributed by atoms with van der Waals surface area (Å²) in [5, 5.41) is 11.3. The monoisotopic (exact) mass is 422 g/mol. The second kappa shape index (κ2) is 25.3. The molecule has 0 saturated heterocycles. The molecule has 0 aliphatic heterocycles. The van der Waals surface area contributed by atoms with Gasteiger partial charge in [-0.1, -0.05) is 0 Å². The second-order valence-electron chi connectivity index (χ2n) is 7.97. The fourth-order valence-corrected chi connectivity index (χ4v) is 4.79. The molecule has 0 aromatic carbocycles. The molecule has 0 N–H and O–H groups in total. The molecule has 0 bridgehead atoms. The average molecular weight is 423 g/mol. The first-order valence-corrected chi connectivity index (χ1v) is 13.6. The van der Waals surface area contributed by atoms with Gasteiger partial charge in [0.25, 0.3) is 0 Å². The van der Waals surface area contributed by atoms with Crippen LogP contribution >= 0.6 is 0 Å². The standard InChI is InChI=1S/2C11H23.CF3O.Al/c2*1-3-5-7-9-11-10-8-6-4-2;2-1(3,4)5;/h2*1,3-11H2,2H3;;/q;;-1;+1. The SMILES string of the molecule is CCCCCCCCCC[CH2][Al+][CH2]CCCCCCCCCC.[O-]C(F)(F)F. The fourth-order valence-electron chi connectivity index (χ4n) is 3.34. The first kappa shape index (κ1) is 30.5. The normalized spacial score (nSPS) is 11.1. The molecule has 0 rings (SSSR count). The molecule has 0 spiro atoms. The Morgan fingerprint density at radius 3 is 0.964 bits per heavy atom. The van der Waals surface area contributed by atoms with Gasteiger partial charge in [-0.25, -0.2) is 0 Å². The van der Waals surface area contributed by atoms with Crippen LogP contribution in [0, 0.1) is 0 Å². The molecule has 28 heavy (non-hydrogen) atoms. The van der Waals surface area contributed by atoms with Crippen molar-refractivity contribution in [1.82, 2.24) is 0 Å². The minimum atomic E-state index is -5.25. The van der Waals surface area contributed by atoms with E-state index < -0.39 is 6.36 Å². The van der Waals surface area contributed by atoms with Crippen molar-refractivity contribution in [1.29, 1.82) is 0 Å². The average Bonchev–Trinajstić information content (AvgIpc) is 2.62. The summed E-state index contributed by atoms with van der Waals surface area (Å²) in [7, 11) is 0. The summed E-state index contributed by atoms with van der Waals surface area (Å²) < 4.78 is 29.4. The van der Waals surface area contributed by atoms with E-state index in [2.05, 4.69) is 13.8 Å².